The molecule has 0 aliphatic carbocycles. The van der Waals surface area contributed by atoms with Crippen LogP contribution in [0.1, 0.15) is 21.5 Å². The Bertz CT molecular complexity index is 729. The van der Waals surface area contributed by atoms with Gasteiger partial charge in [0.05, 0.1) is 4.92 Å². The van der Waals surface area contributed by atoms with E-state index in [1.165, 1.54) is 24.3 Å². The molecule has 0 heterocycles. The van der Waals surface area contributed by atoms with E-state index in [1.54, 1.807) is 6.92 Å². The van der Waals surface area contributed by atoms with Gasteiger partial charge in [-0.15, -0.1) is 0 Å². The molecule has 0 aliphatic heterocycles. The van der Waals surface area contributed by atoms with Gasteiger partial charge in [0.25, 0.3) is 5.69 Å². The maximum Gasteiger partial charge on any atom is 0.270 e. The molecule has 0 saturated carbocycles. The van der Waals surface area contributed by atoms with E-state index in [0.29, 0.717) is 11.1 Å². The lowest BCUT2D eigenvalue weighted by Gasteiger charge is -2.04. The fraction of sp³-hybridized carbons (Fsp3) is 0.133. The number of carbonyl (C=O) groups excluding carboxylic acids is 1. The van der Waals surface area contributed by atoms with E-state index in [9.17, 15) is 23.7 Å². The van der Waals surface area contributed by atoms with Gasteiger partial charge >= 0.3 is 0 Å². The molecule has 6 heteroatoms. The molecule has 0 atom stereocenters. The number of rotatable bonds is 4. The monoisotopic (exact) mass is 291 g/mol. The summed E-state index contributed by atoms with van der Waals surface area (Å²) in [6, 6.07) is 7.24. The van der Waals surface area contributed by atoms with E-state index < -0.39 is 22.3 Å². The summed E-state index contributed by atoms with van der Waals surface area (Å²) in [7, 11) is 0. The average molecular weight is 291 g/mol. The highest BCUT2D eigenvalue weighted by Crippen LogP contribution is 2.19. The zero-order chi connectivity index (χ0) is 15.6. The Morgan fingerprint density at radius 2 is 1.86 bits per heavy atom. The first kappa shape index (κ1) is 14.8. The van der Waals surface area contributed by atoms with Crippen molar-refractivity contribution >= 4 is 11.5 Å². The summed E-state index contributed by atoms with van der Waals surface area (Å²) in [5.74, 6) is -2.42. The molecular formula is C15H11F2NO3. The molecule has 0 saturated heterocycles. The SMILES string of the molecule is Cc1cc(C(=O)Cc2ccc(F)c(F)c2)cc([N+](=O)[O-])c1. The van der Waals surface area contributed by atoms with Crippen molar-refractivity contribution in [2.45, 2.75) is 13.3 Å². The molecule has 0 unspecified atom stereocenters. The molecule has 108 valence electrons. The first-order valence-electron chi connectivity index (χ1n) is 6.10. The lowest BCUT2D eigenvalue weighted by Crippen LogP contribution is -2.05. The highest BCUT2D eigenvalue weighted by Gasteiger charge is 2.14. The minimum atomic E-state index is -1.03. The molecule has 0 fully saturated rings. The Morgan fingerprint density at radius 1 is 1.14 bits per heavy atom. The van der Waals surface area contributed by atoms with Crippen LogP contribution in [0.4, 0.5) is 14.5 Å². The zero-order valence-electron chi connectivity index (χ0n) is 11.1. The highest BCUT2D eigenvalue weighted by molar-refractivity contribution is 5.98. The summed E-state index contributed by atoms with van der Waals surface area (Å²) in [5, 5.41) is 10.8. The smallest absolute Gasteiger partial charge is 0.270 e. The third-order valence-corrected chi connectivity index (χ3v) is 2.94. The van der Waals surface area contributed by atoms with Crippen molar-refractivity contribution in [2.24, 2.45) is 0 Å². The minimum Gasteiger partial charge on any atom is -0.294 e. The van der Waals surface area contributed by atoms with E-state index in [2.05, 4.69) is 0 Å². The van der Waals surface area contributed by atoms with Gasteiger partial charge in [-0.25, -0.2) is 8.78 Å². The predicted octanol–water partition coefficient (Wildman–Crippen LogP) is 3.61. The van der Waals surface area contributed by atoms with Crippen molar-refractivity contribution in [1.29, 1.82) is 0 Å². The lowest BCUT2D eigenvalue weighted by molar-refractivity contribution is -0.384. The van der Waals surface area contributed by atoms with Gasteiger partial charge in [-0.05, 0) is 36.2 Å². The maximum absolute atomic E-state index is 13.1. The van der Waals surface area contributed by atoms with Gasteiger partial charge in [0, 0.05) is 24.1 Å². The molecule has 0 N–H and O–H groups in total. The van der Waals surface area contributed by atoms with Crippen LogP contribution in [-0.4, -0.2) is 10.7 Å². The second-order valence-electron chi connectivity index (χ2n) is 4.66. The molecule has 0 amide bonds. The van der Waals surface area contributed by atoms with Crippen LogP contribution >= 0.6 is 0 Å². The normalized spacial score (nSPS) is 10.4. The second-order valence-corrected chi connectivity index (χ2v) is 4.66. The van der Waals surface area contributed by atoms with Crippen LogP contribution in [0.15, 0.2) is 36.4 Å². The molecule has 0 spiro atoms. The quantitative estimate of drug-likeness (QED) is 0.491. The van der Waals surface area contributed by atoms with E-state index in [0.717, 1.165) is 12.1 Å². The topological polar surface area (TPSA) is 60.2 Å². The summed E-state index contributed by atoms with van der Waals surface area (Å²) in [4.78, 5) is 22.3. The summed E-state index contributed by atoms with van der Waals surface area (Å²) < 4.78 is 25.9. The van der Waals surface area contributed by atoms with E-state index >= 15 is 0 Å². The Hall–Kier alpha value is -2.63. The average Bonchev–Trinajstić information content (AvgIpc) is 2.42. The standard InChI is InChI=1S/C15H11F2NO3/c1-9-4-11(8-12(5-9)18(20)21)15(19)7-10-2-3-13(16)14(17)6-10/h2-6,8H,7H2,1H3. The number of hydrogen-bond acceptors (Lipinski definition) is 3. The molecule has 2 rings (SSSR count). The van der Waals surface area contributed by atoms with Gasteiger partial charge in [0.15, 0.2) is 17.4 Å². The zero-order valence-corrected chi connectivity index (χ0v) is 11.1. The van der Waals surface area contributed by atoms with Gasteiger partial charge in [-0.3, -0.25) is 14.9 Å². The number of aryl methyl sites for hydroxylation is 1. The molecule has 0 radical (unpaired) electrons. The third-order valence-electron chi connectivity index (χ3n) is 2.94. The summed E-state index contributed by atoms with van der Waals surface area (Å²) in [6.45, 7) is 1.64. The number of benzene rings is 2. The van der Waals surface area contributed by atoms with Gasteiger partial charge in [0.1, 0.15) is 0 Å². The number of non-ortho nitro benzene ring substituents is 1. The summed E-state index contributed by atoms with van der Waals surface area (Å²) >= 11 is 0. The number of carbonyl (C=O) groups is 1. The molecule has 0 bridgehead atoms. The van der Waals surface area contributed by atoms with Gasteiger partial charge in [-0.1, -0.05) is 6.07 Å². The van der Waals surface area contributed by atoms with Gasteiger partial charge < -0.3 is 0 Å². The molecule has 2 aromatic carbocycles. The Kier molecular flexibility index (Phi) is 4.07. The Balaban J connectivity index is 2.27. The van der Waals surface area contributed by atoms with Crippen LogP contribution in [0.5, 0.6) is 0 Å². The van der Waals surface area contributed by atoms with Crippen molar-refractivity contribution in [2.75, 3.05) is 0 Å². The van der Waals surface area contributed by atoms with Crippen LogP contribution in [0.25, 0.3) is 0 Å². The van der Waals surface area contributed by atoms with Crippen molar-refractivity contribution in [1.82, 2.24) is 0 Å². The van der Waals surface area contributed by atoms with Crippen molar-refractivity contribution in [3.8, 4) is 0 Å². The maximum atomic E-state index is 13.1. The first-order valence-corrected chi connectivity index (χ1v) is 6.10. The van der Waals surface area contributed by atoms with E-state index in [4.69, 9.17) is 0 Å². The minimum absolute atomic E-state index is 0.155. The third kappa shape index (κ3) is 3.47. The summed E-state index contributed by atoms with van der Waals surface area (Å²) in [5.41, 5.74) is 0.885. The molecular weight excluding hydrogens is 280 g/mol. The Morgan fingerprint density at radius 3 is 2.48 bits per heavy atom. The molecule has 2 aromatic rings. The number of halogens is 2. The number of nitro groups is 1. The first-order chi connectivity index (χ1) is 9.86. The summed E-state index contributed by atoms with van der Waals surface area (Å²) in [6.07, 6.45) is -0.155. The fourth-order valence-corrected chi connectivity index (χ4v) is 1.97. The number of ketones is 1. The van der Waals surface area contributed by atoms with Crippen molar-refractivity contribution < 1.29 is 18.5 Å². The highest BCUT2D eigenvalue weighted by atomic mass is 19.2. The number of nitrogens with zero attached hydrogens (tertiary/aromatic N) is 1. The molecule has 4 nitrogen and oxygen atoms in total. The van der Waals surface area contributed by atoms with E-state index in [1.807, 2.05) is 0 Å². The lowest BCUT2D eigenvalue weighted by atomic mass is 10.0. The van der Waals surface area contributed by atoms with Crippen LogP contribution in [0, 0.1) is 28.7 Å². The number of hydrogen-bond donors (Lipinski definition) is 0. The fourth-order valence-electron chi connectivity index (χ4n) is 1.97. The molecule has 0 aliphatic rings. The van der Waals surface area contributed by atoms with Crippen molar-refractivity contribution in [3.63, 3.8) is 0 Å². The van der Waals surface area contributed by atoms with Gasteiger partial charge in [0.2, 0.25) is 0 Å². The van der Waals surface area contributed by atoms with Crippen molar-refractivity contribution in [3.05, 3.63) is 74.8 Å². The van der Waals surface area contributed by atoms with Crippen LogP contribution < -0.4 is 0 Å². The van der Waals surface area contributed by atoms with Gasteiger partial charge in [-0.2, -0.15) is 0 Å². The van der Waals surface area contributed by atoms with Crippen LogP contribution in [-0.2, 0) is 6.42 Å². The second kappa shape index (κ2) is 5.78. The number of nitro benzene ring substituents is 1. The van der Waals surface area contributed by atoms with E-state index in [-0.39, 0.29) is 17.7 Å². The number of Topliss-reactive ketones (excluding diaryl/α,β-unsaturated/α-hetero) is 1. The largest absolute Gasteiger partial charge is 0.294 e. The molecule has 21 heavy (non-hydrogen) atoms. The van der Waals surface area contributed by atoms with Crippen LogP contribution in [0.2, 0.25) is 0 Å². The van der Waals surface area contributed by atoms with Crippen LogP contribution in [0.3, 0.4) is 0 Å². The molecule has 0 aromatic heterocycles. The predicted molar refractivity (Wildman–Crippen MR) is 72.2 cm³/mol. The Labute approximate surface area is 119 Å².